The number of anilines is 1. The van der Waals surface area contributed by atoms with Crippen LogP contribution in [0, 0.1) is 11.6 Å². The van der Waals surface area contributed by atoms with Crippen molar-refractivity contribution in [3.05, 3.63) is 94.5 Å². The van der Waals surface area contributed by atoms with Crippen LogP contribution in [0.4, 0.5) is 14.5 Å². The molecule has 5 aromatic rings. The molecule has 1 aliphatic rings. The minimum atomic E-state index is -0.955. The molecule has 10 heteroatoms. The molecule has 2 unspecified atom stereocenters. The molecule has 198 valence electrons. The molecule has 2 aromatic carbocycles. The first-order valence-electron chi connectivity index (χ1n) is 12.3. The first-order chi connectivity index (χ1) is 18.9. The van der Waals surface area contributed by atoms with Gasteiger partial charge in [0.05, 0.1) is 36.8 Å². The van der Waals surface area contributed by atoms with Gasteiger partial charge in [-0.3, -0.25) is 0 Å². The number of carbonyl (C=O) groups is 1. The van der Waals surface area contributed by atoms with E-state index in [1.807, 2.05) is 6.07 Å². The van der Waals surface area contributed by atoms with Crippen molar-refractivity contribution >= 4 is 45.1 Å². The van der Waals surface area contributed by atoms with E-state index in [0.717, 1.165) is 0 Å². The van der Waals surface area contributed by atoms with E-state index < -0.39 is 29.6 Å². The third kappa shape index (κ3) is 4.13. The fourth-order valence-electron chi connectivity index (χ4n) is 5.48. The molecule has 2 atom stereocenters. The lowest BCUT2D eigenvalue weighted by molar-refractivity contribution is -0.144. The molecule has 0 saturated heterocycles. The van der Waals surface area contributed by atoms with Crippen LogP contribution < -0.4 is 9.64 Å². The number of nitrogens with zero attached hydrogens (tertiary/aromatic N) is 3. The Kier molecular flexibility index (Phi) is 6.31. The number of furan rings is 1. The van der Waals surface area contributed by atoms with E-state index in [-0.39, 0.29) is 23.7 Å². The van der Waals surface area contributed by atoms with Crippen molar-refractivity contribution in [3.63, 3.8) is 0 Å². The van der Waals surface area contributed by atoms with Crippen LogP contribution in [0.15, 0.2) is 65.4 Å². The van der Waals surface area contributed by atoms with Gasteiger partial charge in [-0.15, -0.1) is 0 Å². The van der Waals surface area contributed by atoms with Gasteiger partial charge in [0.15, 0.2) is 0 Å². The van der Waals surface area contributed by atoms with Crippen molar-refractivity contribution in [3.8, 4) is 5.88 Å². The molecule has 0 bridgehead atoms. The first-order valence-corrected chi connectivity index (χ1v) is 12.7. The normalized spacial score (nSPS) is 16.6. The maximum Gasteiger partial charge on any atom is 0.329 e. The second kappa shape index (κ2) is 9.81. The predicted octanol–water partition coefficient (Wildman–Crippen LogP) is 6.40. The fraction of sp³-hybridized carbons (Fsp3) is 0.207. The summed E-state index contributed by atoms with van der Waals surface area (Å²) in [6, 6.07) is 11.3. The van der Waals surface area contributed by atoms with Gasteiger partial charge in [0, 0.05) is 34.9 Å². The van der Waals surface area contributed by atoms with Gasteiger partial charge in [-0.2, -0.15) is 0 Å². The van der Waals surface area contributed by atoms with Crippen LogP contribution in [0.25, 0.3) is 21.9 Å². The lowest BCUT2D eigenvalue weighted by Crippen LogP contribution is -2.42. The minimum absolute atomic E-state index is 0.0728. The Labute approximate surface area is 226 Å². The zero-order chi connectivity index (χ0) is 27.3. The number of fused-ring (bicyclic) bond motifs is 4. The summed E-state index contributed by atoms with van der Waals surface area (Å²) in [5.74, 6) is -1.85. The lowest BCUT2D eigenvalue weighted by atomic mass is 9.87. The number of benzene rings is 2. The number of rotatable bonds is 6. The SMILES string of the molecule is CCOC(=O)C1C(c2cccnc2OC)c2c(cc(F)c3ccoc23)N1Cc1cc(Cl)nc2ccc(F)cc12. The average Bonchev–Trinajstić information content (AvgIpc) is 3.53. The van der Waals surface area contributed by atoms with Crippen LogP contribution in [0.3, 0.4) is 0 Å². The summed E-state index contributed by atoms with van der Waals surface area (Å²) in [5.41, 5.74) is 3.03. The second-order valence-electron chi connectivity index (χ2n) is 9.12. The number of methoxy groups -OCH3 is 1. The van der Waals surface area contributed by atoms with Crippen molar-refractivity contribution in [2.24, 2.45) is 0 Å². The van der Waals surface area contributed by atoms with Crippen LogP contribution in [0.5, 0.6) is 5.88 Å². The third-order valence-electron chi connectivity index (χ3n) is 7.00. The van der Waals surface area contributed by atoms with Gasteiger partial charge in [-0.1, -0.05) is 17.7 Å². The summed E-state index contributed by atoms with van der Waals surface area (Å²) in [6.45, 7) is 1.92. The van der Waals surface area contributed by atoms with E-state index in [9.17, 15) is 9.18 Å². The summed E-state index contributed by atoms with van der Waals surface area (Å²) in [6.07, 6.45) is 2.99. The molecule has 0 amide bonds. The molecule has 0 saturated carbocycles. The quantitative estimate of drug-likeness (QED) is 0.179. The smallest absolute Gasteiger partial charge is 0.329 e. The molecule has 3 aromatic heterocycles. The van der Waals surface area contributed by atoms with Crippen molar-refractivity contribution in [2.75, 3.05) is 18.6 Å². The second-order valence-corrected chi connectivity index (χ2v) is 9.51. The Hall–Kier alpha value is -4.24. The highest BCUT2D eigenvalue weighted by molar-refractivity contribution is 6.30. The van der Waals surface area contributed by atoms with Crippen molar-refractivity contribution in [2.45, 2.75) is 25.4 Å². The standard InChI is InChI=1S/C29H22ClF2N3O4/c1-3-38-29(36)26-24(18-5-4-9-33-28(18)37-2)25-22(13-20(32)17-8-10-39-27(17)25)35(26)14-15-11-23(30)34-21-7-6-16(31)12-19(15)21/h4-13,24,26H,3,14H2,1-2H3. The number of ether oxygens (including phenoxy) is 2. The van der Waals surface area contributed by atoms with Gasteiger partial charge < -0.3 is 18.8 Å². The highest BCUT2D eigenvalue weighted by Gasteiger charge is 2.48. The van der Waals surface area contributed by atoms with Gasteiger partial charge in [-0.25, -0.2) is 23.5 Å². The maximum atomic E-state index is 15.4. The largest absolute Gasteiger partial charge is 0.481 e. The number of halogens is 3. The molecule has 1 aliphatic heterocycles. The maximum absolute atomic E-state index is 15.4. The molecule has 0 aliphatic carbocycles. The fourth-order valence-corrected chi connectivity index (χ4v) is 5.70. The zero-order valence-electron chi connectivity index (χ0n) is 21.0. The molecular formula is C29H22ClF2N3O4. The van der Waals surface area contributed by atoms with Crippen LogP contribution in [0.1, 0.15) is 29.5 Å². The summed E-state index contributed by atoms with van der Waals surface area (Å²) in [4.78, 5) is 24.1. The van der Waals surface area contributed by atoms with E-state index in [4.69, 9.17) is 25.5 Å². The van der Waals surface area contributed by atoms with Gasteiger partial charge in [0.2, 0.25) is 5.88 Å². The van der Waals surface area contributed by atoms with Crippen LogP contribution in [0.2, 0.25) is 5.15 Å². The Morgan fingerprint density at radius 2 is 2.00 bits per heavy atom. The van der Waals surface area contributed by atoms with E-state index in [1.165, 1.54) is 37.6 Å². The number of aromatic nitrogens is 2. The summed E-state index contributed by atoms with van der Waals surface area (Å²) in [7, 11) is 1.49. The highest BCUT2D eigenvalue weighted by Crippen LogP contribution is 2.51. The summed E-state index contributed by atoms with van der Waals surface area (Å²) < 4.78 is 46.6. The van der Waals surface area contributed by atoms with Crippen LogP contribution in [-0.2, 0) is 16.1 Å². The van der Waals surface area contributed by atoms with E-state index in [0.29, 0.717) is 44.7 Å². The molecule has 0 radical (unpaired) electrons. The molecule has 0 fully saturated rings. The molecule has 0 spiro atoms. The average molecular weight is 550 g/mol. The van der Waals surface area contributed by atoms with E-state index in [2.05, 4.69) is 9.97 Å². The zero-order valence-corrected chi connectivity index (χ0v) is 21.7. The molecule has 7 nitrogen and oxygen atoms in total. The Bertz CT molecular complexity index is 1740. The monoisotopic (exact) mass is 549 g/mol. The molecule has 4 heterocycles. The van der Waals surface area contributed by atoms with Gasteiger partial charge in [-0.05, 0) is 55.0 Å². The number of esters is 1. The van der Waals surface area contributed by atoms with Crippen LogP contribution in [-0.4, -0.2) is 35.7 Å². The van der Waals surface area contributed by atoms with Crippen molar-refractivity contribution < 1.29 is 27.5 Å². The summed E-state index contributed by atoms with van der Waals surface area (Å²) >= 11 is 6.34. The van der Waals surface area contributed by atoms with Gasteiger partial charge in [0.25, 0.3) is 0 Å². The van der Waals surface area contributed by atoms with Crippen molar-refractivity contribution in [1.29, 1.82) is 0 Å². The Morgan fingerprint density at radius 1 is 1.15 bits per heavy atom. The van der Waals surface area contributed by atoms with Gasteiger partial charge >= 0.3 is 5.97 Å². The predicted molar refractivity (Wildman–Crippen MR) is 142 cm³/mol. The molecule has 6 rings (SSSR count). The number of hydrogen-bond donors (Lipinski definition) is 0. The Morgan fingerprint density at radius 3 is 2.79 bits per heavy atom. The summed E-state index contributed by atoms with van der Waals surface area (Å²) in [5, 5.41) is 1.01. The van der Waals surface area contributed by atoms with Crippen molar-refractivity contribution in [1.82, 2.24) is 9.97 Å². The van der Waals surface area contributed by atoms with E-state index >= 15 is 4.39 Å². The van der Waals surface area contributed by atoms with Crippen LogP contribution >= 0.6 is 11.6 Å². The van der Waals surface area contributed by atoms with E-state index in [1.54, 1.807) is 36.2 Å². The molecule has 0 N–H and O–H groups in total. The topological polar surface area (TPSA) is 77.7 Å². The number of pyridine rings is 2. The number of carbonyl (C=O) groups excluding carboxylic acids is 1. The highest BCUT2D eigenvalue weighted by atomic mass is 35.5. The van der Waals surface area contributed by atoms with Gasteiger partial charge in [0.1, 0.15) is 28.4 Å². The molecule has 39 heavy (non-hydrogen) atoms. The Balaban J connectivity index is 1.63. The first kappa shape index (κ1) is 25.1. The third-order valence-corrected chi connectivity index (χ3v) is 7.20. The lowest BCUT2D eigenvalue weighted by Gasteiger charge is -2.29. The minimum Gasteiger partial charge on any atom is -0.481 e. The number of hydrogen-bond acceptors (Lipinski definition) is 7. The molecular weight excluding hydrogens is 528 g/mol.